The molecule has 0 aliphatic heterocycles. The predicted octanol–water partition coefficient (Wildman–Crippen LogP) is 0.950. The van der Waals surface area contributed by atoms with Gasteiger partial charge in [0.2, 0.25) is 0 Å². The minimum Gasteiger partial charge on any atom is -0.496 e. The zero-order valence-electron chi connectivity index (χ0n) is 14.1. The summed E-state index contributed by atoms with van der Waals surface area (Å²) in [6.45, 7) is 0. The fourth-order valence-electron chi connectivity index (χ4n) is 3.02. The van der Waals surface area contributed by atoms with Crippen LogP contribution in [0.3, 0.4) is 0 Å². The Labute approximate surface area is 139 Å². The summed E-state index contributed by atoms with van der Waals surface area (Å²) in [5.74, 6) is -3.04. The molecule has 0 aromatic heterocycles. The van der Waals surface area contributed by atoms with E-state index in [4.69, 9.17) is 18.9 Å². The van der Waals surface area contributed by atoms with Gasteiger partial charge < -0.3 is 18.9 Å². The van der Waals surface area contributed by atoms with Crippen molar-refractivity contribution in [3.05, 3.63) is 23.3 Å². The normalized spacial score (nSPS) is 19.8. The maximum absolute atomic E-state index is 12.7. The number of carbonyl (C=O) groups excluding carboxylic acids is 3. The molecule has 1 aromatic carbocycles. The van der Waals surface area contributed by atoms with Gasteiger partial charge >= 0.3 is 11.9 Å². The van der Waals surface area contributed by atoms with Crippen molar-refractivity contribution in [3.63, 3.8) is 0 Å². The lowest BCUT2D eigenvalue weighted by molar-refractivity contribution is -0.155. The maximum Gasteiger partial charge on any atom is 0.316 e. The minimum atomic E-state index is -1.10. The van der Waals surface area contributed by atoms with Crippen LogP contribution in [0.15, 0.2) is 12.1 Å². The van der Waals surface area contributed by atoms with E-state index in [0.717, 1.165) is 0 Å². The highest BCUT2D eigenvalue weighted by atomic mass is 16.5. The summed E-state index contributed by atoms with van der Waals surface area (Å²) < 4.78 is 20.2. The van der Waals surface area contributed by atoms with Crippen LogP contribution in [0, 0.1) is 11.8 Å². The summed E-state index contributed by atoms with van der Waals surface area (Å²) in [5, 5.41) is 0. The molecular formula is C17H20O7. The number of carbonyl (C=O) groups is 3. The Morgan fingerprint density at radius 2 is 1.21 bits per heavy atom. The van der Waals surface area contributed by atoms with Gasteiger partial charge in [-0.1, -0.05) is 0 Å². The number of rotatable bonds is 4. The van der Waals surface area contributed by atoms with E-state index in [-0.39, 0.29) is 12.8 Å². The Bertz CT molecular complexity index is 610. The Morgan fingerprint density at radius 3 is 1.50 bits per heavy atom. The van der Waals surface area contributed by atoms with Gasteiger partial charge in [0.05, 0.1) is 28.4 Å². The number of ether oxygens (including phenoxy) is 4. The molecule has 0 unspecified atom stereocenters. The molecule has 0 bridgehead atoms. The molecule has 7 heteroatoms. The highest BCUT2D eigenvalue weighted by Gasteiger charge is 2.42. The van der Waals surface area contributed by atoms with E-state index in [1.54, 1.807) is 12.1 Å². The largest absolute Gasteiger partial charge is 0.496 e. The van der Waals surface area contributed by atoms with Gasteiger partial charge in [-0.15, -0.1) is 0 Å². The van der Waals surface area contributed by atoms with Crippen molar-refractivity contribution >= 4 is 17.7 Å². The van der Waals surface area contributed by atoms with Crippen molar-refractivity contribution in [2.45, 2.75) is 12.8 Å². The molecule has 0 amide bonds. The van der Waals surface area contributed by atoms with E-state index >= 15 is 0 Å². The van der Waals surface area contributed by atoms with Gasteiger partial charge in [0.1, 0.15) is 23.3 Å². The van der Waals surface area contributed by atoms with Crippen LogP contribution in [0.4, 0.5) is 0 Å². The average Bonchev–Trinajstić information content (AvgIpc) is 2.76. The molecule has 0 radical (unpaired) electrons. The Hall–Kier alpha value is -2.57. The summed E-state index contributed by atoms with van der Waals surface area (Å²) in [7, 11) is 5.41. The molecule has 1 aliphatic carbocycles. The van der Waals surface area contributed by atoms with Crippen LogP contribution < -0.4 is 9.47 Å². The zero-order chi connectivity index (χ0) is 17.9. The predicted molar refractivity (Wildman–Crippen MR) is 83.0 cm³/mol. The van der Waals surface area contributed by atoms with Crippen molar-refractivity contribution in [1.29, 1.82) is 0 Å². The first kappa shape index (κ1) is 17.8. The second-order valence-corrected chi connectivity index (χ2v) is 5.39. The molecule has 0 heterocycles. The van der Waals surface area contributed by atoms with Crippen molar-refractivity contribution in [2.24, 2.45) is 11.8 Å². The lowest BCUT2D eigenvalue weighted by atomic mass is 9.90. The molecule has 130 valence electrons. The van der Waals surface area contributed by atoms with E-state index in [0.29, 0.717) is 22.6 Å². The van der Waals surface area contributed by atoms with Crippen LogP contribution in [-0.4, -0.2) is 46.2 Å². The second-order valence-electron chi connectivity index (χ2n) is 5.39. The fourth-order valence-corrected chi connectivity index (χ4v) is 3.02. The number of esters is 2. The summed E-state index contributed by atoms with van der Waals surface area (Å²) in [4.78, 5) is 36.9. The molecule has 0 saturated carbocycles. The van der Waals surface area contributed by atoms with Gasteiger partial charge in [0.25, 0.3) is 0 Å². The van der Waals surface area contributed by atoms with Gasteiger partial charge in [0.15, 0.2) is 5.78 Å². The molecule has 7 nitrogen and oxygen atoms in total. The Morgan fingerprint density at radius 1 is 0.833 bits per heavy atom. The molecular weight excluding hydrogens is 316 g/mol. The smallest absolute Gasteiger partial charge is 0.316 e. The Kier molecular flexibility index (Phi) is 5.43. The van der Waals surface area contributed by atoms with Gasteiger partial charge in [-0.2, -0.15) is 0 Å². The third-order valence-electron chi connectivity index (χ3n) is 4.26. The molecule has 1 aliphatic rings. The number of ketones is 1. The number of hydrogen-bond acceptors (Lipinski definition) is 7. The summed E-state index contributed by atoms with van der Waals surface area (Å²) in [6.07, 6.45) is 0.156. The highest BCUT2D eigenvalue weighted by Crippen LogP contribution is 2.38. The van der Waals surface area contributed by atoms with Crippen molar-refractivity contribution < 1.29 is 33.3 Å². The zero-order valence-corrected chi connectivity index (χ0v) is 14.1. The lowest BCUT2D eigenvalue weighted by Gasteiger charge is -2.16. The monoisotopic (exact) mass is 336 g/mol. The standard InChI is InChI=1S/C17H20O7/c1-21-13-5-6-14(22-2)10-8-12(17(20)24-4)15(18)11(7-9(10)13)16(19)23-3/h5-6,11-12H,7-8H2,1-4H3/t11-,12-/m1/s1. The molecule has 2 atom stereocenters. The van der Waals surface area contributed by atoms with E-state index in [1.165, 1.54) is 28.4 Å². The number of benzene rings is 1. The first-order chi connectivity index (χ1) is 11.5. The summed E-state index contributed by atoms with van der Waals surface area (Å²) >= 11 is 0. The van der Waals surface area contributed by atoms with E-state index < -0.39 is 29.6 Å². The summed E-state index contributed by atoms with van der Waals surface area (Å²) in [5.41, 5.74) is 1.32. The number of Topliss-reactive ketones (excluding diaryl/α,β-unsaturated/α-hetero) is 1. The molecule has 1 aromatic rings. The molecule has 0 N–H and O–H groups in total. The Balaban J connectivity index is 2.64. The van der Waals surface area contributed by atoms with Crippen LogP contribution in [0.2, 0.25) is 0 Å². The van der Waals surface area contributed by atoms with Crippen LogP contribution in [0.1, 0.15) is 11.1 Å². The van der Waals surface area contributed by atoms with Crippen LogP contribution >= 0.6 is 0 Å². The molecule has 2 rings (SSSR count). The van der Waals surface area contributed by atoms with Gasteiger partial charge in [-0.25, -0.2) is 0 Å². The lowest BCUT2D eigenvalue weighted by Crippen LogP contribution is -2.35. The third-order valence-corrected chi connectivity index (χ3v) is 4.26. The third kappa shape index (κ3) is 3.06. The average molecular weight is 336 g/mol. The van der Waals surface area contributed by atoms with Gasteiger partial charge in [-0.05, 0) is 25.0 Å². The first-order valence-electron chi connectivity index (χ1n) is 7.40. The number of hydrogen-bond donors (Lipinski definition) is 0. The SMILES string of the molecule is COC(=O)[C@@H]1Cc2c(OC)ccc(OC)c2C[C@@H](C(=O)OC)C1=O. The van der Waals surface area contributed by atoms with Crippen LogP contribution in [-0.2, 0) is 36.7 Å². The van der Waals surface area contributed by atoms with Crippen LogP contribution in [0.25, 0.3) is 0 Å². The van der Waals surface area contributed by atoms with E-state index in [9.17, 15) is 14.4 Å². The maximum atomic E-state index is 12.7. The van der Waals surface area contributed by atoms with Crippen LogP contribution in [0.5, 0.6) is 11.5 Å². The second kappa shape index (κ2) is 7.33. The molecule has 24 heavy (non-hydrogen) atoms. The molecule has 0 saturated heterocycles. The van der Waals surface area contributed by atoms with Crippen molar-refractivity contribution in [3.8, 4) is 11.5 Å². The van der Waals surface area contributed by atoms with Gasteiger partial charge in [0, 0.05) is 11.1 Å². The first-order valence-corrected chi connectivity index (χ1v) is 7.40. The van der Waals surface area contributed by atoms with Gasteiger partial charge in [-0.3, -0.25) is 14.4 Å². The fraction of sp³-hybridized carbons (Fsp3) is 0.471. The highest BCUT2D eigenvalue weighted by molar-refractivity contribution is 6.09. The van der Waals surface area contributed by atoms with Crippen molar-refractivity contribution in [2.75, 3.05) is 28.4 Å². The number of fused-ring (bicyclic) bond motifs is 1. The summed E-state index contributed by atoms with van der Waals surface area (Å²) in [6, 6.07) is 3.41. The number of methoxy groups -OCH3 is 4. The van der Waals surface area contributed by atoms with Crippen molar-refractivity contribution in [1.82, 2.24) is 0 Å². The molecule has 0 fully saturated rings. The molecule has 0 spiro atoms. The minimum absolute atomic E-state index is 0.0781. The van der Waals surface area contributed by atoms with E-state index in [2.05, 4.69) is 0 Å². The van der Waals surface area contributed by atoms with E-state index in [1.807, 2.05) is 0 Å². The quantitative estimate of drug-likeness (QED) is 0.459. The topological polar surface area (TPSA) is 88.1 Å².